The lowest BCUT2D eigenvalue weighted by Gasteiger charge is -2.26. The topological polar surface area (TPSA) is 79.6 Å². The second-order valence-electron chi connectivity index (χ2n) is 8.55. The number of aryl methyl sites for hydroxylation is 1. The molecule has 0 aliphatic carbocycles. The monoisotopic (exact) mass is 498 g/mol. The molecule has 1 saturated heterocycles. The smallest absolute Gasteiger partial charge is 0.250 e. The van der Waals surface area contributed by atoms with E-state index in [1.807, 2.05) is 85.8 Å². The van der Waals surface area contributed by atoms with Gasteiger partial charge in [-0.2, -0.15) is 0 Å². The standard InChI is InChI=1S/C28H26N4O3S/c1-18-16-20(11-12-21(18)30-25(33)17-34-2)32-27(26(31-28(32)36)22-10-6-7-15-29-22)24-14-13-23(35-24)19-8-4-3-5-9-19/h3-16,26-27H,17H2,1-2H3,(H,30,33)(H,31,36)/t26-,27+/m0/s1. The summed E-state index contributed by atoms with van der Waals surface area (Å²) in [5.41, 5.74) is 4.39. The third-order valence-corrected chi connectivity index (χ3v) is 6.43. The molecule has 1 fully saturated rings. The quantitative estimate of drug-likeness (QED) is 0.330. The molecule has 7 nitrogen and oxygen atoms in total. The van der Waals surface area contributed by atoms with Gasteiger partial charge in [0.2, 0.25) is 5.91 Å². The number of rotatable bonds is 7. The molecule has 1 aliphatic heterocycles. The number of furan rings is 1. The fourth-order valence-electron chi connectivity index (χ4n) is 4.45. The van der Waals surface area contributed by atoms with Gasteiger partial charge in [0.05, 0.1) is 11.7 Å². The molecule has 1 aliphatic rings. The van der Waals surface area contributed by atoms with Gasteiger partial charge in [-0.25, -0.2) is 0 Å². The number of aromatic nitrogens is 1. The molecule has 8 heteroatoms. The zero-order valence-corrected chi connectivity index (χ0v) is 20.8. The van der Waals surface area contributed by atoms with Crippen molar-refractivity contribution in [2.75, 3.05) is 23.9 Å². The van der Waals surface area contributed by atoms with Crippen LogP contribution in [0.3, 0.4) is 0 Å². The molecule has 4 aromatic rings. The molecule has 2 aromatic heterocycles. The van der Waals surface area contributed by atoms with Gasteiger partial charge in [-0.1, -0.05) is 36.4 Å². The van der Waals surface area contributed by atoms with E-state index in [9.17, 15) is 4.79 Å². The highest BCUT2D eigenvalue weighted by Crippen LogP contribution is 2.43. The lowest BCUT2D eigenvalue weighted by Crippen LogP contribution is -2.29. The van der Waals surface area contributed by atoms with Crippen molar-refractivity contribution >= 4 is 34.6 Å². The maximum absolute atomic E-state index is 12.0. The van der Waals surface area contributed by atoms with Crippen LogP contribution in [0.5, 0.6) is 0 Å². The molecule has 2 aromatic carbocycles. The molecule has 2 N–H and O–H groups in total. The summed E-state index contributed by atoms with van der Waals surface area (Å²) >= 11 is 5.82. The van der Waals surface area contributed by atoms with Gasteiger partial charge in [0, 0.05) is 30.2 Å². The van der Waals surface area contributed by atoms with E-state index in [-0.39, 0.29) is 24.6 Å². The molecule has 5 rings (SSSR count). The first kappa shape index (κ1) is 23.7. The summed E-state index contributed by atoms with van der Waals surface area (Å²) in [7, 11) is 1.49. The number of nitrogens with one attached hydrogen (secondary N) is 2. The molecule has 0 spiro atoms. The van der Waals surface area contributed by atoms with Crippen LogP contribution >= 0.6 is 12.2 Å². The number of hydrogen-bond donors (Lipinski definition) is 2. The molecule has 0 bridgehead atoms. The number of anilines is 2. The summed E-state index contributed by atoms with van der Waals surface area (Å²) < 4.78 is 11.3. The third kappa shape index (κ3) is 4.73. The third-order valence-electron chi connectivity index (χ3n) is 6.11. The van der Waals surface area contributed by atoms with Crippen molar-refractivity contribution in [2.45, 2.75) is 19.0 Å². The van der Waals surface area contributed by atoms with Gasteiger partial charge in [-0.15, -0.1) is 0 Å². The predicted molar refractivity (Wildman–Crippen MR) is 144 cm³/mol. The average Bonchev–Trinajstić information content (AvgIpc) is 3.51. The van der Waals surface area contributed by atoms with Crippen molar-refractivity contribution in [1.29, 1.82) is 0 Å². The van der Waals surface area contributed by atoms with E-state index in [0.717, 1.165) is 39.7 Å². The lowest BCUT2D eigenvalue weighted by atomic mass is 10.0. The molecular weight excluding hydrogens is 472 g/mol. The van der Waals surface area contributed by atoms with Gasteiger partial charge in [0.1, 0.15) is 24.2 Å². The van der Waals surface area contributed by atoms with E-state index in [0.29, 0.717) is 5.11 Å². The number of carbonyl (C=O) groups is 1. The van der Waals surface area contributed by atoms with E-state index >= 15 is 0 Å². The molecule has 3 heterocycles. The molecule has 0 radical (unpaired) electrons. The minimum Gasteiger partial charge on any atom is -0.459 e. The maximum atomic E-state index is 12.0. The van der Waals surface area contributed by atoms with Crippen molar-refractivity contribution in [3.05, 3.63) is 102 Å². The Morgan fingerprint density at radius 3 is 2.64 bits per heavy atom. The first-order chi connectivity index (χ1) is 17.5. The number of nitrogens with zero attached hydrogens (tertiary/aromatic N) is 2. The van der Waals surface area contributed by atoms with Crippen molar-refractivity contribution in [3.8, 4) is 11.3 Å². The average molecular weight is 499 g/mol. The Balaban J connectivity index is 1.53. The Kier molecular flexibility index (Phi) is 6.79. The van der Waals surface area contributed by atoms with Gasteiger partial charge in [-0.05, 0) is 67.2 Å². The highest BCUT2D eigenvalue weighted by Gasteiger charge is 2.42. The summed E-state index contributed by atoms with van der Waals surface area (Å²) in [5, 5.41) is 6.90. The highest BCUT2D eigenvalue weighted by molar-refractivity contribution is 7.80. The summed E-state index contributed by atoms with van der Waals surface area (Å²) in [6, 6.07) is 25.2. The molecule has 36 heavy (non-hydrogen) atoms. The van der Waals surface area contributed by atoms with E-state index in [2.05, 4.69) is 20.5 Å². The van der Waals surface area contributed by atoms with Crippen molar-refractivity contribution in [1.82, 2.24) is 10.3 Å². The van der Waals surface area contributed by atoms with Crippen molar-refractivity contribution < 1.29 is 13.9 Å². The second kappa shape index (κ2) is 10.3. The van der Waals surface area contributed by atoms with Crippen LogP contribution in [0, 0.1) is 6.92 Å². The fraction of sp³-hybridized carbons (Fsp3) is 0.179. The Morgan fingerprint density at radius 1 is 1.11 bits per heavy atom. The van der Waals surface area contributed by atoms with Crippen molar-refractivity contribution in [2.24, 2.45) is 0 Å². The molecule has 182 valence electrons. The highest BCUT2D eigenvalue weighted by atomic mass is 32.1. The Hall–Kier alpha value is -4.01. The summed E-state index contributed by atoms with van der Waals surface area (Å²) in [4.78, 5) is 18.7. The fourth-order valence-corrected chi connectivity index (χ4v) is 4.79. The summed E-state index contributed by atoms with van der Waals surface area (Å²) in [6.45, 7) is 1.95. The van der Waals surface area contributed by atoms with Gasteiger partial charge in [-0.3, -0.25) is 9.78 Å². The van der Waals surface area contributed by atoms with Crippen LogP contribution in [0.4, 0.5) is 11.4 Å². The second-order valence-corrected chi connectivity index (χ2v) is 8.93. The number of thiocarbonyl (C=S) groups is 1. The Morgan fingerprint density at radius 2 is 1.92 bits per heavy atom. The van der Waals surface area contributed by atoms with Crippen LogP contribution in [0.1, 0.15) is 29.1 Å². The minimum atomic E-state index is -0.266. The predicted octanol–water partition coefficient (Wildman–Crippen LogP) is 5.41. The van der Waals surface area contributed by atoms with E-state index in [1.165, 1.54) is 7.11 Å². The van der Waals surface area contributed by atoms with Crippen molar-refractivity contribution in [3.63, 3.8) is 0 Å². The zero-order chi connectivity index (χ0) is 25.1. The number of ether oxygens (including phenoxy) is 1. The first-order valence-corrected chi connectivity index (χ1v) is 12.0. The SMILES string of the molecule is COCC(=O)Nc1ccc(N2C(=S)N[C@@H](c3ccccn3)[C@H]2c2ccc(-c3ccccc3)o2)cc1C. The molecule has 2 atom stereocenters. The number of amides is 1. The molecule has 0 unspecified atom stereocenters. The summed E-state index contributed by atoms with van der Waals surface area (Å²) in [6.07, 6.45) is 1.78. The van der Waals surface area contributed by atoms with Gasteiger partial charge in [0.15, 0.2) is 5.11 Å². The maximum Gasteiger partial charge on any atom is 0.250 e. The number of pyridine rings is 1. The number of methoxy groups -OCH3 is 1. The number of hydrogen-bond acceptors (Lipinski definition) is 5. The van der Waals surface area contributed by atoms with Crippen LogP contribution in [0.25, 0.3) is 11.3 Å². The largest absolute Gasteiger partial charge is 0.459 e. The van der Waals surface area contributed by atoms with Crippen LogP contribution in [0.15, 0.2) is 89.5 Å². The van der Waals surface area contributed by atoms with Crippen LogP contribution in [-0.2, 0) is 9.53 Å². The van der Waals surface area contributed by atoms with E-state index in [4.69, 9.17) is 21.4 Å². The van der Waals surface area contributed by atoms with Crippen LogP contribution in [0.2, 0.25) is 0 Å². The summed E-state index contributed by atoms with van der Waals surface area (Å²) in [5.74, 6) is 1.35. The number of benzene rings is 2. The number of carbonyl (C=O) groups excluding carboxylic acids is 1. The van der Waals surface area contributed by atoms with Gasteiger partial charge >= 0.3 is 0 Å². The van der Waals surface area contributed by atoms with E-state index < -0.39 is 0 Å². The van der Waals surface area contributed by atoms with Crippen LogP contribution in [-0.4, -0.2) is 29.7 Å². The van der Waals surface area contributed by atoms with Gasteiger partial charge in [0.25, 0.3) is 0 Å². The van der Waals surface area contributed by atoms with Crippen LogP contribution < -0.4 is 15.5 Å². The molecule has 1 amide bonds. The van der Waals surface area contributed by atoms with Gasteiger partial charge < -0.3 is 24.7 Å². The zero-order valence-electron chi connectivity index (χ0n) is 20.0. The normalized spacial score (nSPS) is 17.2. The molecule has 0 saturated carbocycles. The lowest BCUT2D eigenvalue weighted by molar-refractivity contribution is -0.119. The Labute approximate surface area is 215 Å². The Bertz CT molecular complexity index is 1370. The minimum absolute atomic E-state index is 0.00259. The first-order valence-electron chi connectivity index (χ1n) is 11.6. The van der Waals surface area contributed by atoms with E-state index in [1.54, 1.807) is 6.20 Å². The molecular formula is C28H26N4O3S.